The van der Waals surface area contributed by atoms with E-state index < -0.39 is 23.4 Å². The van der Waals surface area contributed by atoms with Gasteiger partial charge in [-0.1, -0.05) is 12.1 Å². The summed E-state index contributed by atoms with van der Waals surface area (Å²) in [5, 5.41) is 24.1. The van der Waals surface area contributed by atoms with Crippen LogP contribution in [0.4, 0.5) is 0 Å². The van der Waals surface area contributed by atoms with Crippen LogP contribution in [0.1, 0.15) is 57.8 Å². The van der Waals surface area contributed by atoms with Gasteiger partial charge in [0.05, 0.1) is 24.2 Å². The van der Waals surface area contributed by atoms with Gasteiger partial charge in [0.1, 0.15) is 17.1 Å². The van der Waals surface area contributed by atoms with Crippen molar-refractivity contribution in [2.75, 3.05) is 6.54 Å². The Bertz CT molecular complexity index is 1010. The molecule has 1 aliphatic rings. The van der Waals surface area contributed by atoms with Crippen LogP contribution in [0.25, 0.3) is 10.8 Å². The Labute approximate surface area is 187 Å². The fourth-order valence-electron chi connectivity index (χ4n) is 3.82. The number of nitrogens with one attached hydrogen (secondary N) is 1. The monoisotopic (exact) mass is 445 g/mol. The maximum atomic E-state index is 12.7. The minimum Gasteiger partial charge on any atom is -0.507 e. The third-order valence-corrected chi connectivity index (χ3v) is 4.95. The second-order valence-electron chi connectivity index (χ2n) is 9.48. The van der Waals surface area contributed by atoms with Gasteiger partial charge in [0, 0.05) is 18.4 Å². The van der Waals surface area contributed by atoms with E-state index in [9.17, 15) is 19.8 Å². The van der Waals surface area contributed by atoms with Crippen LogP contribution in [0.15, 0.2) is 30.3 Å². The van der Waals surface area contributed by atoms with Gasteiger partial charge in [-0.3, -0.25) is 9.59 Å². The van der Waals surface area contributed by atoms with Crippen molar-refractivity contribution >= 4 is 22.6 Å². The molecule has 3 N–H and O–H groups in total. The van der Waals surface area contributed by atoms with Crippen LogP contribution in [0, 0.1) is 0 Å². The summed E-state index contributed by atoms with van der Waals surface area (Å²) in [5.74, 6) is -1.95. The predicted molar refractivity (Wildman–Crippen MR) is 119 cm³/mol. The van der Waals surface area contributed by atoms with Gasteiger partial charge >= 0.3 is 5.97 Å². The lowest BCUT2D eigenvalue weighted by Gasteiger charge is -2.40. The smallest absolute Gasteiger partial charge is 0.308 e. The number of phenolic OH excluding ortho intramolecular Hbond substituents is 2. The Kier molecular flexibility index (Phi) is 6.67. The van der Waals surface area contributed by atoms with Gasteiger partial charge in [-0.15, -0.1) is 0 Å². The second-order valence-corrected chi connectivity index (χ2v) is 9.48. The van der Waals surface area contributed by atoms with Crippen molar-refractivity contribution in [1.82, 2.24) is 5.32 Å². The first-order chi connectivity index (χ1) is 14.8. The van der Waals surface area contributed by atoms with Crippen LogP contribution in [0.3, 0.4) is 0 Å². The van der Waals surface area contributed by atoms with Gasteiger partial charge in [0.25, 0.3) is 5.91 Å². The number of aromatic hydroxyl groups is 2. The Hall–Kier alpha value is -2.84. The summed E-state index contributed by atoms with van der Waals surface area (Å²) < 4.78 is 17.1. The van der Waals surface area contributed by atoms with E-state index in [-0.39, 0.29) is 42.1 Å². The van der Waals surface area contributed by atoms with Crippen molar-refractivity contribution in [3.05, 3.63) is 35.9 Å². The molecule has 8 heteroatoms. The molecule has 2 aromatic rings. The SMILES string of the molecule is CC(C)(C)OC(=O)CC1CC(CNC(=O)c2cc3cccc(O)c3cc2O)OC(C)(C)O1. The number of phenols is 2. The molecule has 1 fully saturated rings. The molecular formula is C24H31NO7. The number of amides is 1. The van der Waals surface area contributed by atoms with Gasteiger partial charge in [-0.05, 0) is 58.2 Å². The third-order valence-electron chi connectivity index (χ3n) is 4.95. The molecule has 1 saturated heterocycles. The molecule has 1 amide bonds. The molecule has 0 bridgehead atoms. The highest BCUT2D eigenvalue weighted by Crippen LogP contribution is 2.31. The van der Waals surface area contributed by atoms with Crippen LogP contribution >= 0.6 is 0 Å². The van der Waals surface area contributed by atoms with Crippen LogP contribution in [-0.4, -0.2) is 52.2 Å². The fraction of sp³-hybridized carbons (Fsp3) is 0.500. The number of fused-ring (bicyclic) bond motifs is 1. The molecule has 0 aromatic heterocycles. The minimum atomic E-state index is -0.928. The highest BCUT2D eigenvalue weighted by molar-refractivity contribution is 6.02. The first-order valence-electron chi connectivity index (χ1n) is 10.6. The first kappa shape index (κ1) is 23.8. The van der Waals surface area contributed by atoms with Crippen LogP contribution in [-0.2, 0) is 19.0 Å². The zero-order valence-electron chi connectivity index (χ0n) is 19.1. The van der Waals surface area contributed by atoms with Crippen LogP contribution in [0.2, 0.25) is 0 Å². The average Bonchev–Trinajstić information content (AvgIpc) is 2.63. The summed E-state index contributed by atoms with van der Waals surface area (Å²) in [6, 6.07) is 7.82. The summed E-state index contributed by atoms with van der Waals surface area (Å²) in [6.45, 7) is 9.11. The zero-order valence-corrected chi connectivity index (χ0v) is 19.1. The summed E-state index contributed by atoms with van der Waals surface area (Å²) in [7, 11) is 0. The summed E-state index contributed by atoms with van der Waals surface area (Å²) >= 11 is 0. The number of rotatable bonds is 5. The second kappa shape index (κ2) is 8.96. The van der Waals surface area contributed by atoms with E-state index in [0.717, 1.165) is 0 Å². The summed E-state index contributed by atoms with van der Waals surface area (Å²) in [6.07, 6.45) is -0.307. The number of carbonyl (C=O) groups excluding carboxylic acids is 2. The fourth-order valence-corrected chi connectivity index (χ4v) is 3.82. The van der Waals surface area contributed by atoms with E-state index in [2.05, 4.69) is 5.32 Å². The highest BCUT2D eigenvalue weighted by Gasteiger charge is 2.37. The van der Waals surface area contributed by atoms with E-state index in [4.69, 9.17) is 14.2 Å². The van der Waals surface area contributed by atoms with E-state index >= 15 is 0 Å². The maximum absolute atomic E-state index is 12.7. The topological polar surface area (TPSA) is 114 Å². The van der Waals surface area contributed by atoms with Crippen molar-refractivity contribution in [2.24, 2.45) is 0 Å². The van der Waals surface area contributed by atoms with Crippen molar-refractivity contribution in [3.8, 4) is 11.5 Å². The van der Waals surface area contributed by atoms with Gasteiger partial charge in [-0.2, -0.15) is 0 Å². The zero-order chi connectivity index (χ0) is 23.7. The minimum absolute atomic E-state index is 0.0265. The summed E-state index contributed by atoms with van der Waals surface area (Å²) in [5.41, 5.74) is -0.483. The lowest BCUT2D eigenvalue weighted by Crippen LogP contribution is -2.49. The average molecular weight is 446 g/mol. The number of ether oxygens (including phenoxy) is 3. The van der Waals surface area contributed by atoms with E-state index in [1.807, 2.05) is 20.8 Å². The van der Waals surface area contributed by atoms with Crippen LogP contribution in [0.5, 0.6) is 11.5 Å². The van der Waals surface area contributed by atoms with Crippen molar-refractivity contribution in [1.29, 1.82) is 0 Å². The highest BCUT2D eigenvalue weighted by atomic mass is 16.7. The van der Waals surface area contributed by atoms with Crippen LogP contribution < -0.4 is 5.32 Å². The standard InChI is InChI=1S/C24H31NO7/c1-23(2,3)32-21(28)11-15-10-16(31-24(4,5)30-15)13-25-22(29)18-9-14-7-6-8-19(26)17(14)12-20(18)27/h6-9,12,15-16,26-27H,10-11,13H2,1-5H3,(H,25,29). The molecule has 32 heavy (non-hydrogen) atoms. The molecule has 2 unspecified atom stereocenters. The van der Waals surface area contributed by atoms with Gasteiger partial charge in [0.15, 0.2) is 5.79 Å². The molecule has 1 heterocycles. The Morgan fingerprint density at radius 3 is 2.50 bits per heavy atom. The molecule has 0 aliphatic carbocycles. The summed E-state index contributed by atoms with van der Waals surface area (Å²) in [4.78, 5) is 24.9. The number of hydrogen-bond acceptors (Lipinski definition) is 7. The molecule has 174 valence electrons. The predicted octanol–water partition coefficient (Wildman–Crippen LogP) is 3.62. The van der Waals surface area contributed by atoms with E-state index in [1.54, 1.807) is 26.0 Å². The van der Waals surface area contributed by atoms with Crippen molar-refractivity contribution in [3.63, 3.8) is 0 Å². The van der Waals surface area contributed by atoms with Gasteiger partial charge in [-0.25, -0.2) is 0 Å². The molecule has 0 radical (unpaired) electrons. The van der Waals surface area contributed by atoms with E-state index in [1.165, 1.54) is 18.2 Å². The normalized spacial score (nSPS) is 20.7. The molecule has 3 rings (SSSR count). The molecule has 0 spiro atoms. The Morgan fingerprint density at radius 1 is 1.12 bits per heavy atom. The van der Waals surface area contributed by atoms with Crippen molar-refractivity contribution < 1.29 is 34.0 Å². The molecule has 8 nitrogen and oxygen atoms in total. The van der Waals surface area contributed by atoms with Gasteiger partial charge < -0.3 is 29.7 Å². The lowest BCUT2D eigenvalue weighted by molar-refractivity contribution is -0.298. The molecule has 0 saturated carbocycles. The quantitative estimate of drug-likeness (QED) is 0.602. The lowest BCUT2D eigenvalue weighted by atomic mass is 10.0. The molecular weight excluding hydrogens is 414 g/mol. The third kappa shape index (κ3) is 6.11. The molecule has 2 atom stereocenters. The number of hydrogen-bond donors (Lipinski definition) is 3. The maximum Gasteiger partial charge on any atom is 0.308 e. The Morgan fingerprint density at radius 2 is 1.81 bits per heavy atom. The van der Waals surface area contributed by atoms with Gasteiger partial charge in [0.2, 0.25) is 0 Å². The van der Waals surface area contributed by atoms with Crippen molar-refractivity contribution in [2.45, 2.75) is 71.1 Å². The largest absolute Gasteiger partial charge is 0.507 e. The number of benzene rings is 2. The number of esters is 1. The number of carbonyl (C=O) groups is 2. The molecule has 1 aliphatic heterocycles. The van der Waals surface area contributed by atoms with E-state index in [0.29, 0.717) is 17.2 Å². The Balaban J connectivity index is 1.65. The first-order valence-corrected chi connectivity index (χ1v) is 10.6. The molecule has 2 aromatic carbocycles.